The molecule has 1 heterocycles. The Morgan fingerprint density at radius 3 is 3.15 bits per heavy atom. The highest BCUT2D eigenvalue weighted by Gasteiger charge is 1.97. The second-order valence-electron chi connectivity index (χ2n) is 3.12. The van der Waals surface area contributed by atoms with E-state index in [1.165, 1.54) is 5.56 Å². The fraction of sp³-hybridized carbons (Fsp3) is 0.300. The lowest BCUT2D eigenvalue weighted by atomic mass is 10.1. The first kappa shape index (κ1) is 8.26. The van der Waals surface area contributed by atoms with E-state index in [-0.39, 0.29) is 6.61 Å². The van der Waals surface area contributed by atoms with Crippen LogP contribution in [-0.4, -0.2) is 21.9 Å². The van der Waals surface area contributed by atoms with Gasteiger partial charge < -0.3 is 5.11 Å². The van der Waals surface area contributed by atoms with Gasteiger partial charge >= 0.3 is 0 Å². The molecule has 0 saturated carbocycles. The summed E-state index contributed by atoms with van der Waals surface area (Å²) in [4.78, 5) is 0. The Kier molecular flexibility index (Phi) is 2.27. The van der Waals surface area contributed by atoms with Crippen LogP contribution in [0.1, 0.15) is 12.0 Å². The first-order chi connectivity index (χ1) is 6.40. The van der Waals surface area contributed by atoms with Crippen molar-refractivity contribution in [3.63, 3.8) is 0 Å². The average molecular weight is 176 g/mol. The fourth-order valence-electron chi connectivity index (χ4n) is 1.43. The maximum Gasteiger partial charge on any atom is 0.0650 e. The minimum absolute atomic E-state index is 0.253. The number of hydrogen-bond acceptors (Lipinski definition) is 2. The molecule has 0 amide bonds. The summed E-state index contributed by atoms with van der Waals surface area (Å²) in [5.74, 6) is 0. The van der Waals surface area contributed by atoms with Crippen molar-refractivity contribution in [2.24, 2.45) is 0 Å². The average Bonchev–Trinajstić information content (AvgIpc) is 2.61. The number of nitrogens with one attached hydrogen (secondary N) is 1. The van der Waals surface area contributed by atoms with E-state index < -0.39 is 0 Å². The molecule has 0 aliphatic rings. The Hall–Kier alpha value is -1.35. The molecule has 0 aliphatic carbocycles. The number of hydrogen-bond donors (Lipinski definition) is 2. The van der Waals surface area contributed by atoms with Gasteiger partial charge in [-0.15, -0.1) is 0 Å². The largest absolute Gasteiger partial charge is 0.396 e. The molecule has 2 aromatic rings. The molecule has 0 aliphatic heterocycles. The van der Waals surface area contributed by atoms with Crippen molar-refractivity contribution in [1.29, 1.82) is 0 Å². The van der Waals surface area contributed by atoms with E-state index in [1.807, 2.05) is 12.3 Å². The summed E-state index contributed by atoms with van der Waals surface area (Å²) in [6.45, 7) is 0.253. The predicted molar refractivity (Wildman–Crippen MR) is 51.5 cm³/mol. The van der Waals surface area contributed by atoms with Crippen molar-refractivity contribution in [2.45, 2.75) is 12.8 Å². The van der Waals surface area contributed by atoms with Crippen molar-refractivity contribution >= 4 is 10.9 Å². The number of aliphatic hydroxyl groups excluding tert-OH is 1. The number of nitrogens with zero attached hydrogens (tertiary/aromatic N) is 1. The summed E-state index contributed by atoms with van der Waals surface area (Å²) in [6.07, 6.45) is 3.57. The first-order valence-electron chi connectivity index (χ1n) is 4.43. The van der Waals surface area contributed by atoms with Crippen LogP contribution in [0.25, 0.3) is 10.9 Å². The molecule has 0 spiro atoms. The molecule has 3 nitrogen and oxygen atoms in total. The summed E-state index contributed by atoms with van der Waals surface area (Å²) < 4.78 is 0. The maximum absolute atomic E-state index is 8.68. The Labute approximate surface area is 76.4 Å². The molecule has 0 radical (unpaired) electrons. The molecule has 2 rings (SSSR count). The zero-order valence-corrected chi connectivity index (χ0v) is 7.33. The van der Waals surface area contributed by atoms with Gasteiger partial charge in [0.25, 0.3) is 0 Å². The highest BCUT2D eigenvalue weighted by molar-refractivity contribution is 5.78. The number of aromatic nitrogens is 2. The molecule has 13 heavy (non-hydrogen) atoms. The molecular weight excluding hydrogens is 164 g/mol. The van der Waals surface area contributed by atoms with Crippen LogP contribution in [0.15, 0.2) is 24.4 Å². The molecule has 1 aromatic heterocycles. The number of benzene rings is 1. The summed E-state index contributed by atoms with van der Waals surface area (Å²) in [6, 6.07) is 6.19. The molecule has 0 saturated heterocycles. The molecule has 0 atom stereocenters. The second-order valence-corrected chi connectivity index (χ2v) is 3.12. The Morgan fingerprint density at radius 1 is 1.38 bits per heavy atom. The van der Waals surface area contributed by atoms with Gasteiger partial charge in [-0.1, -0.05) is 6.07 Å². The van der Waals surface area contributed by atoms with Crippen LogP contribution in [0.4, 0.5) is 0 Å². The van der Waals surface area contributed by atoms with Gasteiger partial charge in [-0.3, -0.25) is 5.10 Å². The number of aryl methyl sites for hydroxylation is 1. The van der Waals surface area contributed by atoms with Gasteiger partial charge in [-0.2, -0.15) is 5.10 Å². The smallest absolute Gasteiger partial charge is 0.0650 e. The lowest BCUT2D eigenvalue weighted by Gasteiger charge is -1.98. The molecule has 0 fully saturated rings. The Bertz CT molecular complexity index is 394. The van der Waals surface area contributed by atoms with E-state index in [0.29, 0.717) is 0 Å². The predicted octanol–water partition coefficient (Wildman–Crippen LogP) is 1.49. The van der Waals surface area contributed by atoms with Gasteiger partial charge in [0, 0.05) is 12.0 Å². The van der Waals surface area contributed by atoms with E-state index in [2.05, 4.69) is 22.3 Å². The topological polar surface area (TPSA) is 48.9 Å². The van der Waals surface area contributed by atoms with Crippen LogP contribution in [0.3, 0.4) is 0 Å². The van der Waals surface area contributed by atoms with Crippen molar-refractivity contribution in [3.8, 4) is 0 Å². The van der Waals surface area contributed by atoms with Crippen molar-refractivity contribution in [3.05, 3.63) is 30.0 Å². The molecule has 0 unspecified atom stereocenters. The van der Waals surface area contributed by atoms with Crippen molar-refractivity contribution < 1.29 is 5.11 Å². The fourth-order valence-corrected chi connectivity index (χ4v) is 1.43. The number of aliphatic hydroxyl groups is 1. The third-order valence-corrected chi connectivity index (χ3v) is 2.13. The van der Waals surface area contributed by atoms with E-state index in [0.717, 1.165) is 23.7 Å². The quantitative estimate of drug-likeness (QED) is 0.744. The molecule has 1 aromatic carbocycles. The third-order valence-electron chi connectivity index (χ3n) is 2.13. The van der Waals surface area contributed by atoms with Crippen molar-refractivity contribution in [2.75, 3.05) is 6.61 Å². The van der Waals surface area contributed by atoms with E-state index in [4.69, 9.17) is 5.11 Å². The van der Waals surface area contributed by atoms with Crippen LogP contribution >= 0.6 is 0 Å². The van der Waals surface area contributed by atoms with Gasteiger partial charge in [0.2, 0.25) is 0 Å². The van der Waals surface area contributed by atoms with E-state index in [9.17, 15) is 0 Å². The Morgan fingerprint density at radius 2 is 2.31 bits per heavy atom. The van der Waals surface area contributed by atoms with E-state index >= 15 is 0 Å². The SMILES string of the molecule is OCCCc1ccc2[nH]ncc2c1. The second kappa shape index (κ2) is 3.58. The third kappa shape index (κ3) is 1.70. The molecular formula is C10H12N2O. The number of rotatable bonds is 3. The lowest BCUT2D eigenvalue weighted by molar-refractivity contribution is 0.288. The lowest BCUT2D eigenvalue weighted by Crippen LogP contribution is -1.88. The highest BCUT2D eigenvalue weighted by Crippen LogP contribution is 2.13. The van der Waals surface area contributed by atoms with Crippen LogP contribution in [0.5, 0.6) is 0 Å². The highest BCUT2D eigenvalue weighted by atomic mass is 16.2. The van der Waals surface area contributed by atoms with Gasteiger partial charge in [-0.25, -0.2) is 0 Å². The number of H-pyrrole nitrogens is 1. The van der Waals surface area contributed by atoms with Crippen LogP contribution in [-0.2, 0) is 6.42 Å². The molecule has 3 heteroatoms. The normalized spacial score (nSPS) is 10.8. The summed E-state index contributed by atoms with van der Waals surface area (Å²) in [7, 11) is 0. The Balaban J connectivity index is 2.26. The van der Waals surface area contributed by atoms with Gasteiger partial charge in [-0.05, 0) is 30.5 Å². The van der Waals surface area contributed by atoms with Gasteiger partial charge in [0.1, 0.15) is 0 Å². The molecule has 0 bridgehead atoms. The van der Waals surface area contributed by atoms with Crippen molar-refractivity contribution in [1.82, 2.24) is 10.2 Å². The standard InChI is InChI=1S/C10H12N2O/c13-5-1-2-8-3-4-10-9(6-8)7-11-12-10/h3-4,6-7,13H,1-2,5H2,(H,11,12). The van der Waals surface area contributed by atoms with Gasteiger partial charge in [0.05, 0.1) is 11.7 Å². The minimum atomic E-state index is 0.253. The summed E-state index contributed by atoms with van der Waals surface area (Å²) in [5.41, 5.74) is 2.32. The first-order valence-corrected chi connectivity index (χ1v) is 4.43. The maximum atomic E-state index is 8.68. The van der Waals surface area contributed by atoms with Crippen LogP contribution in [0.2, 0.25) is 0 Å². The summed E-state index contributed by atoms with van der Waals surface area (Å²) in [5, 5.41) is 16.7. The zero-order valence-electron chi connectivity index (χ0n) is 7.33. The van der Waals surface area contributed by atoms with Crippen LogP contribution < -0.4 is 0 Å². The molecule has 68 valence electrons. The minimum Gasteiger partial charge on any atom is -0.396 e. The number of aromatic amines is 1. The van der Waals surface area contributed by atoms with Crippen LogP contribution in [0, 0.1) is 0 Å². The zero-order chi connectivity index (χ0) is 9.10. The molecule has 2 N–H and O–H groups in total. The monoisotopic (exact) mass is 176 g/mol. The van der Waals surface area contributed by atoms with Gasteiger partial charge in [0.15, 0.2) is 0 Å². The summed E-state index contributed by atoms with van der Waals surface area (Å²) >= 11 is 0. The van der Waals surface area contributed by atoms with E-state index in [1.54, 1.807) is 0 Å². The number of fused-ring (bicyclic) bond motifs is 1.